The molecule has 1 fully saturated rings. The average molecular weight is 371 g/mol. The number of anilines is 3. The molecule has 2 heterocycles. The number of carbonyl (C=O) groups excluding carboxylic acids is 2. The number of hydrogen-bond donors (Lipinski definition) is 3. The normalized spacial score (nSPS) is 13.9. The molecule has 3 rings (SSSR count). The van der Waals surface area contributed by atoms with E-state index < -0.39 is 12.0 Å². The summed E-state index contributed by atoms with van der Waals surface area (Å²) in [6, 6.07) is 8.64. The Labute approximate surface area is 158 Å². The van der Waals surface area contributed by atoms with E-state index in [0.29, 0.717) is 28.5 Å². The van der Waals surface area contributed by atoms with Gasteiger partial charge in [-0.25, -0.2) is 19.7 Å². The third-order valence-corrected chi connectivity index (χ3v) is 4.72. The SMILES string of the molecule is COC(=O)c1c(N2CCCCC2)c(N)n(NC(=O)Nc2ccccc2)c1C. The highest BCUT2D eigenvalue weighted by Crippen LogP contribution is 2.35. The molecule has 0 saturated carbocycles. The smallest absolute Gasteiger partial charge is 0.341 e. The third kappa shape index (κ3) is 3.84. The summed E-state index contributed by atoms with van der Waals surface area (Å²) in [5.74, 6) is -0.151. The van der Waals surface area contributed by atoms with Crippen molar-refractivity contribution in [2.75, 3.05) is 41.6 Å². The fourth-order valence-corrected chi connectivity index (χ4v) is 3.41. The number of nitrogens with zero attached hydrogens (tertiary/aromatic N) is 2. The lowest BCUT2D eigenvalue weighted by Gasteiger charge is -2.29. The Kier molecular flexibility index (Phi) is 5.54. The van der Waals surface area contributed by atoms with E-state index in [1.165, 1.54) is 11.8 Å². The van der Waals surface area contributed by atoms with Crippen LogP contribution in [-0.2, 0) is 4.74 Å². The summed E-state index contributed by atoms with van der Waals surface area (Å²) < 4.78 is 6.39. The molecule has 2 aromatic rings. The van der Waals surface area contributed by atoms with Gasteiger partial charge in [0.05, 0.1) is 18.5 Å². The lowest BCUT2D eigenvalue weighted by Crippen LogP contribution is -2.32. The molecule has 0 radical (unpaired) electrons. The lowest BCUT2D eigenvalue weighted by atomic mass is 10.1. The van der Waals surface area contributed by atoms with Crippen molar-refractivity contribution in [3.8, 4) is 0 Å². The summed E-state index contributed by atoms with van der Waals surface area (Å²) in [7, 11) is 1.34. The van der Waals surface area contributed by atoms with E-state index in [9.17, 15) is 9.59 Å². The zero-order chi connectivity index (χ0) is 19.4. The van der Waals surface area contributed by atoms with Gasteiger partial charge in [-0.05, 0) is 38.3 Å². The van der Waals surface area contributed by atoms with Crippen LogP contribution >= 0.6 is 0 Å². The molecule has 0 spiro atoms. The van der Waals surface area contributed by atoms with E-state index in [4.69, 9.17) is 10.5 Å². The molecule has 0 aliphatic carbocycles. The zero-order valence-electron chi connectivity index (χ0n) is 15.6. The van der Waals surface area contributed by atoms with Crippen molar-refractivity contribution in [2.45, 2.75) is 26.2 Å². The first-order valence-electron chi connectivity index (χ1n) is 9.00. The van der Waals surface area contributed by atoms with Crippen LogP contribution in [0.4, 0.5) is 22.0 Å². The Bertz CT molecular complexity index is 826. The quantitative estimate of drug-likeness (QED) is 0.717. The fraction of sp³-hybridized carbons (Fsp3) is 0.368. The molecule has 4 N–H and O–H groups in total. The highest BCUT2D eigenvalue weighted by Gasteiger charge is 2.29. The predicted molar refractivity (Wildman–Crippen MR) is 106 cm³/mol. The van der Waals surface area contributed by atoms with Crippen molar-refractivity contribution in [1.82, 2.24) is 4.68 Å². The number of aromatic nitrogens is 1. The second-order valence-electron chi connectivity index (χ2n) is 6.50. The van der Waals surface area contributed by atoms with Crippen LogP contribution in [0.2, 0.25) is 0 Å². The minimum Gasteiger partial charge on any atom is -0.465 e. The number of nitrogens with one attached hydrogen (secondary N) is 2. The number of piperidine rings is 1. The highest BCUT2D eigenvalue weighted by molar-refractivity contribution is 6.02. The molecule has 8 heteroatoms. The summed E-state index contributed by atoms with van der Waals surface area (Å²) in [4.78, 5) is 26.9. The van der Waals surface area contributed by atoms with Gasteiger partial charge in [0.1, 0.15) is 11.4 Å². The van der Waals surface area contributed by atoms with Crippen LogP contribution in [0, 0.1) is 6.92 Å². The number of benzene rings is 1. The molecule has 2 amide bonds. The molecule has 1 aliphatic heterocycles. The second-order valence-corrected chi connectivity index (χ2v) is 6.50. The van der Waals surface area contributed by atoms with E-state index in [-0.39, 0.29) is 0 Å². The van der Waals surface area contributed by atoms with E-state index in [1.54, 1.807) is 19.1 Å². The minimum atomic E-state index is -0.469. The molecular formula is C19H25N5O3. The van der Waals surface area contributed by atoms with Crippen LogP contribution in [0.1, 0.15) is 35.3 Å². The topological polar surface area (TPSA) is 102 Å². The van der Waals surface area contributed by atoms with Crippen molar-refractivity contribution in [3.63, 3.8) is 0 Å². The molecule has 27 heavy (non-hydrogen) atoms. The van der Waals surface area contributed by atoms with Crippen LogP contribution in [0.3, 0.4) is 0 Å². The number of esters is 1. The number of rotatable bonds is 4. The Morgan fingerprint density at radius 3 is 2.41 bits per heavy atom. The summed E-state index contributed by atoms with van der Waals surface area (Å²) >= 11 is 0. The van der Waals surface area contributed by atoms with E-state index in [0.717, 1.165) is 32.4 Å². The van der Waals surface area contributed by atoms with Gasteiger partial charge in [0.15, 0.2) is 0 Å². The molecule has 0 unspecified atom stereocenters. The summed E-state index contributed by atoms with van der Waals surface area (Å²) in [6.45, 7) is 3.36. The first kappa shape index (κ1) is 18.6. The van der Waals surface area contributed by atoms with Gasteiger partial charge < -0.3 is 20.7 Å². The third-order valence-electron chi connectivity index (χ3n) is 4.72. The van der Waals surface area contributed by atoms with Gasteiger partial charge in [0, 0.05) is 18.8 Å². The Morgan fingerprint density at radius 2 is 1.78 bits per heavy atom. The Balaban J connectivity index is 1.91. The van der Waals surface area contributed by atoms with Gasteiger partial charge in [0.25, 0.3) is 0 Å². The molecule has 144 valence electrons. The Morgan fingerprint density at radius 1 is 1.11 bits per heavy atom. The summed E-state index contributed by atoms with van der Waals surface area (Å²) in [6.07, 6.45) is 3.22. The Hall–Kier alpha value is -3.16. The number of nitrogen functional groups attached to an aromatic ring is 1. The van der Waals surface area contributed by atoms with Crippen LogP contribution < -0.4 is 21.4 Å². The van der Waals surface area contributed by atoms with Crippen molar-refractivity contribution >= 4 is 29.2 Å². The number of urea groups is 1. The standard InChI is InChI=1S/C19H25N5O3/c1-13-15(18(25)27-2)16(23-11-7-4-8-12-23)17(20)24(13)22-19(26)21-14-9-5-3-6-10-14/h3,5-6,9-10H,4,7-8,11-12,20H2,1-2H3,(H2,21,22,26). The first-order valence-corrected chi connectivity index (χ1v) is 9.00. The number of carbonyl (C=O) groups is 2. The van der Waals surface area contributed by atoms with Gasteiger partial charge in [-0.1, -0.05) is 18.2 Å². The van der Waals surface area contributed by atoms with E-state index in [1.807, 2.05) is 18.2 Å². The largest absolute Gasteiger partial charge is 0.465 e. The monoisotopic (exact) mass is 371 g/mol. The predicted octanol–water partition coefficient (Wildman–Crippen LogP) is 2.93. The minimum absolute atomic E-state index is 0.318. The number of hydrogen-bond acceptors (Lipinski definition) is 5. The molecule has 0 atom stereocenters. The van der Waals surface area contributed by atoms with Crippen molar-refractivity contribution in [1.29, 1.82) is 0 Å². The van der Waals surface area contributed by atoms with Gasteiger partial charge >= 0.3 is 12.0 Å². The van der Waals surface area contributed by atoms with Gasteiger partial charge in [-0.2, -0.15) is 0 Å². The van der Waals surface area contributed by atoms with E-state index >= 15 is 0 Å². The molecule has 1 saturated heterocycles. The molecule has 0 bridgehead atoms. The van der Waals surface area contributed by atoms with Crippen LogP contribution in [0.5, 0.6) is 0 Å². The lowest BCUT2D eigenvalue weighted by molar-refractivity contribution is 0.0600. The number of amides is 2. The van der Waals surface area contributed by atoms with Gasteiger partial charge in [0.2, 0.25) is 0 Å². The summed E-state index contributed by atoms with van der Waals surface area (Å²) in [5.41, 5.74) is 11.3. The van der Waals surface area contributed by atoms with Crippen molar-refractivity contribution in [2.24, 2.45) is 0 Å². The molecule has 8 nitrogen and oxygen atoms in total. The van der Waals surface area contributed by atoms with Crippen molar-refractivity contribution < 1.29 is 14.3 Å². The maximum atomic E-state index is 12.4. The molecule has 1 aromatic carbocycles. The number of nitrogens with two attached hydrogens (primary N) is 1. The van der Waals surface area contributed by atoms with Crippen LogP contribution in [0.25, 0.3) is 0 Å². The van der Waals surface area contributed by atoms with Gasteiger partial charge in [-0.15, -0.1) is 0 Å². The zero-order valence-corrected chi connectivity index (χ0v) is 15.6. The molecule has 1 aliphatic rings. The molecular weight excluding hydrogens is 346 g/mol. The number of ether oxygens (including phenoxy) is 1. The summed E-state index contributed by atoms with van der Waals surface area (Å²) in [5, 5.41) is 2.74. The molecule has 1 aromatic heterocycles. The number of methoxy groups -OCH3 is 1. The van der Waals surface area contributed by atoms with E-state index in [2.05, 4.69) is 15.6 Å². The van der Waals surface area contributed by atoms with Crippen molar-refractivity contribution in [3.05, 3.63) is 41.6 Å². The van der Waals surface area contributed by atoms with Gasteiger partial charge in [-0.3, -0.25) is 0 Å². The number of para-hydroxylation sites is 1. The first-order chi connectivity index (χ1) is 13.0. The maximum absolute atomic E-state index is 12.4. The van der Waals surface area contributed by atoms with Crippen LogP contribution in [0.15, 0.2) is 30.3 Å². The van der Waals surface area contributed by atoms with Crippen LogP contribution in [-0.4, -0.2) is 36.9 Å². The average Bonchev–Trinajstić information content (AvgIpc) is 2.93. The second kappa shape index (κ2) is 8.03. The fourth-order valence-electron chi connectivity index (χ4n) is 3.41. The highest BCUT2D eigenvalue weighted by atomic mass is 16.5. The maximum Gasteiger partial charge on any atom is 0.341 e.